The van der Waals surface area contributed by atoms with Crippen LogP contribution in [0.25, 0.3) is 0 Å². The van der Waals surface area contributed by atoms with Gasteiger partial charge < -0.3 is 5.32 Å². The third-order valence-electron chi connectivity index (χ3n) is 1.01. The van der Waals surface area contributed by atoms with Gasteiger partial charge in [-0.15, -0.1) is 13.2 Å². The van der Waals surface area contributed by atoms with E-state index in [1.54, 1.807) is 0 Å². The summed E-state index contributed by atoms with van der Waals surface area (Å²) in [6, 6.07) is 0. The quantitative estimate of drug-likeness (QED) is 0.633. The SMILES string of the molecule is CCNCCCOC(F)(F)F. The van der Waals surface area contributed by atoms with Crippen molar-refractivity contribution in [1.82, 2.24) is 5.32 Å². The molecule has 0 aliphatic rings. The van der Waals surface area contributed by atoms with Crippen molar-refractivity contribution in [3.8, 4) is 0 Å². The number of halogens is 3. The maximum Gasteiger partial charge on any atom is 0.522 e. The van der Waals surface area contributed by atoms with Gasteiger partial charge in [-0.2, -0.15) is 0 Å². The molecule has 0 radical (unpaired) electrons. The van der Waals surface area contributed by atoms with Gasteiger partial charge in [-0.25, -0.2) is 0 Å². The molecule has 0 saturated heterocycles. The zero-order chi connectivity index (χ0) is 8.74. The minimum absolute atomic E-state index is 0.267. The van der Waals surface area contributed by atoms with Crippen molar-refractivity contribution in [2.45, 2.75) is 19.7 Å². The molecule has 0 unspecified atom stereocenters. The Morgan fingerprint density at radius 2 is 2.00 bits per heavy atom. The molecule has 0 aromatic carbocycles. The van der Waals surface area contributed by atoms with E-state index in [0.717, 1.165) is 6.54 Å². The fourth-order valence-corrected chi connectivity index (χ4v) is 0.562. The molecule has 0 heterocycles. The Kier molecular flexibility index (Phi) is 5.23. The van der Waals surface area contributed by atoms with Crippen LogP contribution in [0.3, 0.4) is 0 Å². The first-order valence-electron chi connectivity index (χ1n) is 3.47. The Labute approximate surface area is 63.7 Å². The lowest BCUT2D eigenvalue weighted by Gasteiger charge is -2.06. The average Bonchev–Trinajstić information content (AvgIpc) is 1.85. The minimum Gasteiger partial charge on any atom is -0.317 e. The third-order valence-corrected chi connectivity index (χ3v) is 1.01. The van der Waals surface area contributed by atoms with E-state index in [4.69, 9.17) is 0 Å². The maximum atomic E-state index is 11.3. The maximum absolute atomic E-state index is 11.3. The fraction of sp³-hybridized carbons (Fsp3) is 1.00. The Hall–Kier alpha value is -0.290. The van der Waals surface area contributed by atoms with E-state index in [-0.39, 0.29) is 6.61 Å². The van der Waals surface area contributed by atoms with E-state index in [2.05, 4.69) is 10.1 Å². The standard InChI is InChI=1S/C6H12F3NO/c1-2-10-4-3-5-11-6(7,8)9/h10H,2-5H2,1H3. The number of hydrogen-bond donors (Lipinski definition) is 1. The zero-order valence-corrected chi connectivity index (χ0v) is 6.37. The highest BCUT2D eigenvalue weighted by Gasteiger charge is 2.28. The summed E-state index contributed by atoms with van der Waals surface area (Å²) in [5.74, 6) is 0. The van der Waals surface area contributed by atoms with Crippen LogP contribution in [0.4, 0.5) is 13.2 Å². The second kappa shape index (κ2) is 5.37. The van der Waals surface area contributed by atoms with Crippen LogP contribution in [0, 0.1) is 0 Å². The van der Waals surface area contributed by atoms with Crippen molar-refractivity contribution in [2.75, 3.05) is 19.7 Å². The molecule has 0 aliphatic carbocycles. The summed E-state index contributed by atoms with van der Waals surface area (Å²) < 4.78 is 37.5. The number of ether oxygens (including phenoxy) is 1. The summed E-state index contributed by atoms with van der Waals surface area (Å²) in [6.45, 7) is 2.96. The van der Waals surface area contributed by atoms with Crippen LogP contribution in [0.5, 0.6) is 0 Å². The number of alkyl halides is 3. The van der Waals surface area contributed by atoms with Crippen LogP contribution in [-0.4, -0.2) is 26.1 Å². The van der Waals surface area contributed by atoms with Gasteiger partial charge >= 0.3 is 6.36 Å². The second-order valence-electron chi connectivity index (χ2n) is 2.00. The van der Waals surface area contributed by atoms with Gasteiger partial charge in [0.05, 0.1) is 6.61 Å². The lowest BCUT2D eigenvalue weighted by Crippen LogP contribution is -2.19. The molecule has 0 saturated carbocycles. The largest absolute Gasteiger partial charge is 0.522 e. The normalized spacial score (nSPS) is 12.0. The van der Waals surface area contributed by atoms with Crippen LogP contribution >= 0.6 is 0 Å². The van der Waals surface area contributed by atoms with Crippen LogP contribution in [0.15, 0.2) is 0 Å². The Morgan fingerprint density at radius 1 is 1.36 bits per heavy atom. The second-order valence-corrected chi connectivity index (χ2v) is 2.00. The van der Waals surface area contributed by atoms with Gasteiger partial charge in [0.25, 0.3) is 0 Å². The molecule has 0 atom stereocenters. The van der Waals surface area contributed by atoms with Crippen molar-refractivity contribution in [3.63, 3.8) is 0 Å². The number of rotatable bonds is 5. The third kappa shape index (κ3) is 9.71. The predicted octanol–water partition coefficient (Wildman–Crippen LogP) is 1.52. The van der Waals surface area contributed by atoms with Crippen molar-refractivity contribution in [3.05, 3.63) is 0 Å². The van der Waals surface area contributed by atoms with Crippen LogP contribution in [0.1, 0.15) is 13.3 Å². The van der Waals surface area contributed by atoms with Crippen molar-refractivity contribution >= 4 is 0 Å². The topological polar surface area (TPSA) is 21.3 Å². The first-order chi connectivity index (χ1) is 5.06. The highest BCUT2D eigenvalue weighted by atomic mass is 19.4. The lowest BCUT2D eigenvalue weighted by atomic mass is 10.4. The highest BCUT2D eigenvalue weighted by molar-refractivity contribution is 4.42. The van der Waals surface area contributed by atoms with E-state index in [9.17, 15) is 13.2 Å². The summed E-state index contributed by atoms with van der Waals surface area (Å²) in [4.78, 5) is 0. The summed E-state index contributed by atoms with van der Waals surface area (Å²) in [5.41, 5.74) is 0. The summed E-state index contributed by atoms with van der Waals surface area (Å²) in [5, 5.41) is 2.89. The van der Waals surface area contributed by atoms with E-state index in [0.29, 0.717) is 13.0 Å². The first kappa shape index (κ1) is 10.7. The fourth-order valence-electron chi connectivity index (χ4n) is 0.562. The monoisotopic (exact) mass is 171 g/mol. The molecule has 0 spiro atoms. The molecule has 0 amide bonds. The van der Waals surface area contributed by atoms with E-state index in [1.165, 1.54) is 0 Å². The molecule has 0 rings (SSSR count). The van der Waals surface area contributed by atoms with E-state index < -0.39 is 6.36 Å². The predicted molar refractivity (Wildman–Crippen MR) is 35.2 cm³/mol. The molecule has 11 heavy (non-hydrogen) atoms. The van der Waals surface area contributed by atoms with Crippen molar-refractivity contribution < 1.29 is 17.9 Å². The molecule has 0 bridgehead atoms. The van der Waals surface area contributed by atoms with E-state index >= 15 is 0 Å². The van der Waals surface area contributed by atoms with Gasteiger partial charge in [0.1, 0.15) is 0 Å². The lowest BCUT2D eigenvalue weighted by molar-refractivity contribution is -0.324. The molecule has 0 fully saturated rings. The van der Waals surface area contributed by atoms with Gasteiger partial charge in [-0.3, -0.25) is 4.74 Å². The van der Waals surface area contributed by atoms with Crippen LogP contribution in [-0.2, 0) is 4.74 Å². The summed E-state index contributed by atoms with van der Waals surface area (Å²) in [6.07, 6.45) is -4.10. The molecule has 0 aliphatic heterocycles. The Morgan fingerprint density at radius 3 is 2.45 bits per heavy atom. The molecule has 68 valence electrons. The van der Waals surface area contributed by atoms with Gasteiger partial charge in [0.15, 0.2) is 0 Å². The molecule has 2 nitrogen and oxygen atoms in total. The van der Waals surface area contributed by atoms with Gasteiger partial charge in [-0.05, 0) is 19.5 Å². The molecule has 0 aromatic rings. The van der Waals surface area contributed by atoms with Gasteiger partial charge in [0, 0.05) is 0 Å². The minimum atomic E-state index is -4.48. The molecule has 0 aromatic heterocycles. The van der Waals surface area contributed by atoms with Crippen molar-refractivity contribution in [1.29, 1.82) is 0 Å². The summed E-state index contributed by atoms with van der Waals surface area (Å²) in [7, 11) is 0. The van der Waals surface area contributed by atoms with E-state index in [1.807, 2.05) is 6.92 Å². The summed E-state index contributed by atoms with van der Waals surface area (Å²) >= 11 is 0. The van der Waals surface area contributed by atoms with Crippen molar-refractivity contribution in [2.24, 2.45) is 0 Å². The molecule has 1 N–H and O–H groups in total. The average molecular weight is 171 g/mol. The Balaban J connectivity index is 3.02. The first-order valence-corrected chi connectivity index (χ1v) is 3.47. The highest BCUT2D eigenvalue weighted by Crippen LogP contribution is 2.15. The van der Waals surface area contributed by atoms with Crippen LogP contribution in [0.2, 0.25) is 0 Å². The van der Waals surface area contributed by atoms with Gasteiger partial charge in [-0.1, -0.05) is 6.92 Å². The number of hydrogen-bond acceptors (Lipinski definition) is 2. The molecule has 5 heteroatoms. The van der Waals surface area contributed by atoms with Crippen LogP contribution < -0.4 is 5.32 Å². The Bertz CT molecular complexity index is 94.3. The molecular formula is C6H12F3NO. The zero-order valence-electron chi connectivity index (χ0n) is 6.37. The smallest absolute Gasteiger partial charge is 0.317 e. The van der Waals surface area contributed by atoms with Gasteiger partial charge in [0.2, 0.25) is 0 Å². The molecular weight excluding hydrogens is 159 g/mol. The number of nitrogens with one attached hydrogen (secondary N) is 1.